The van der Waals surface area contributed by atoms with Crippen LogP contribution in [0, 0.1) is 19.8 Å². The zero-order chi connectivity index (χ0) is 15.5. The number of hydrogen-bond acceptors (Lipinski definition) is 5. The molecule has 0 saturated carbocycles. The van der Waals surface area contributed by atoms with Crippen molar-refractivity contribution in [3.8, 4) is 0 Å². The molecule has 22 heavy (non-hydrogen) atoms. The average Bonchev–Trinajstić information content (AvgIpc) is 2.54. The van der Waals surface area contributed by atoms with Crippen molar-refractivity contribution in [2.75, 3.05) is 32.9 Å². The number of ether oxygens (including phenoxy) is 2. The van der Waals surface area contributed by atoms with Gasteiger partial charge in [-0.1, -0.05) is 0 Å². The van der Waals surface area contributed by atoms with E-state index in [0.29, 0.717) is 32.9 Å². The van der Waals surface area contributed by atoms with Crippen LogP contribution in [0.15, 0.2) is 6.07 Å². The van der Waals surface area contributed by atoms with E-state index in [1.165, 1.54) is 0 Å². The molecule has 2 aliphatic rings. The van der Waals surface area contributed by atoms with Gasteiger partial charge in [0.1, 0.15) is 11.9 Å². The number of carbonyl (C=O) groups is 1. The van der Waals surface area contributed by atoms with Gasteiger partial charge in [-0.2, -0.15) is 0 Å². The second kappa shape index (κ2) is 6.71. The van der Waals surface area contributed by atoms with E-state index >= 15 is 0 Å². The highest BCUT2D eigenvalue weighted by Gasteiger charge is 2.31. The number of aromatic nitrogens is 2. The number of carbonyl (C=O) groups excluding carboxylic acids is 1. The van der Waals surface area contributed by atoms with Gasteiger partial charge in [0.25, 0.3) is 0 Å². The highest BCUT2D eigenvalue weighted by Crippen LogP contribution is 2.24. The number of hydrogen-bond donors (Lipinski definition) is 0. The molecular weight excluding hydrogens is 282 g/mol. The van der Waals surface area contributed by atoms with Crippen LogP contribution in [0.25, 0.3) is 0 Å². The Bertz CT molecular complexity index is 523. The lowest BCUT2D eigenvalue weighted by Crippen LogP contribution is -2.46. The van der Waals surface area contributed by atoms with E-state index in [0.717, 1.165) is 30.1 Å². The minimum Gasteiger partial charge on any atom is -0.381 e. The minimum absolute atomic E-state index is 0.0985. The first-order valence-electron chi connectivity index (χ1n) is 7.94. The Hall–Kier alpha value is -1.53. The van der Waals surface area contributed by atoms with Gasteiger partial charge in [0, 0.05) is 31.4 Å². The summed E-state index contributed by atoms with van der Waals surface area (Å²) < 4.78 is 11.2. The lowest BCUT2D eigenvalue weighted by atomic mass is 9.98. The fraction of sp³-hybridized carbons (Fsp3) is 0.688. The molecular formula is C16H23N3O3. The molecule has 0 N–H and O–H groups in total. The molecule has 0 bridgehead atoms. The number of morpholine rings is 1. The Kier molecular flexibility index (Phi) is 4.69. The van der Waals surface area contributed by atoms with E-state index in [2.05, 4.69) is 9.97 Å². The number of aryl methyl sites for hydroxylation is 2. The summed E-state index contributed by atoms with van der Waals surface area (Å²) in [6.07, 6.45) is 1.50. The molecule has 1 atom stereocenters. The summed E-state index contributed by atoms with van der Waals surface area (Å²) in [5, 5.41) is 0. The molecule has 2 aliphatic heterocycles. The van der Waals surface area contributed by atoms with E-state index in [1.54, 1.807) is 0 Å². The van der Waals surface area contributed by atoms with E-state index in [1.807, 2.05) is 24.8 Å². The quantitative estimate of drug-likeness (QED) is 0.827. The Morgan fingerprint density at radius 2 is 2.00 bits per heavy atom. The average molecular weight is 305 g/mol. The van der Waals surface area contributed by atoms with Crippen molar-refractivity contribution >= 4 is 5.91 Å². The Morgan fingerprint density at radius 1 is 1.23 bits per heavy atom. The zero-order valence-electron chi connectivity index (χ0n) is 13.2. The van der Waals surface area contributed by atoms with E-state index in [-0.39, 0.29) is 17.9 Å². The maximum absolute atomic E-state index is 12.6. The van der Waals surface area contributed by atoms with Gasteiger partial charge in [-0.3, -0.25) is 4.79 Å². The Labute approximate surface area is 130 Å². The van der Waals surface area contributed by atoms with Crippen LogP contribution in [0.3, 0.4) is 0 Å². The number of amides is 1. The molecule has 6 heteroatoms. The van der Waals surface area contributed by atoms with Gasteiger partial charge in [-0.25, -0.2) is 9.97 Å². The van der Waals surface area contributed by atoms with Crippen LogP contribution >= 0.6 is 0 Å². The van der Waals surface area contributed by atoms with Crippen molar-refractivity contribution in [1.82, 2.24) is 14.9 Å². The Balaban J connectivity index is 1.69. The van der Waals surface area contributed by atoms with Crippen LogP contribution in [0.1, 0.15) is 36.2 Å². The van der Waals surface area contributed by atoms with Gasteiger partial charge in [-0.15, -0.1) is 0 Å². The van der Waals surface area contributed by atoms with Crippen LogP contribution in [0.2, 0.25) is 0 Å². The van der Waals surface area contributed by atoms with Crippen LogP contribution < -0.4 is 0 Å². The van der Waals surface area contributed by atoms with E-state index < -0.39 is 0 Å². The molecule has 2 saturated heterocycles. The molecule has 0 aliphatic carbocycles. The first-order chi connectivity index (χ1) is 10.6. The second-order valence-electron chi connectivity index (χ2n) is 6.01. The lowest BCUT2D eigenvalue weighted by Gasteiger charge is -2.35. The largest absolute Gasteiger partial charge is 0.381 e. The summed E-state index contributed by atoms with van der Waals surface area (Å²) in [6, 6.07) is 1.94. The topological polar surface area (TPSA) is 64.6 Å². The summed E-state index contributed by atoms with van der Waals surface area (Å²) in [5.74, 6) is 1.08. The van der Waals surface area contributed by atoms with Crippen molar-refractivity contribution in [1.29, 1.82) is 0 Å². The first kappa shape index (κ1) is 15.4. The van der Waals surface area contributed by atoms with Crippen molar-refractivity contribution in [2.24, 2.45) is 5.92 Å². The predicted molar refractivity (Wildman–Crippen MR) is 80.3 cm³/mol. The molecule has 0 aromatic carbocycles. The normalized spacial score (nSPS) is 23.5. The molecule has 120 valence electrons. The molecule has 6 nitrogen and oxygen atoms in total. The van der Waals surface area contributed by atoms with Crippen molar-refractivity contribution < 1.29 is 14.3 Å². The highest BCUT2D eigenvalue weighted by molar-refractivity contribution is 5.79. The van der Waals surface area contributed by atoms with Crippen LogP contribution in [-0.4, -0.2) is 53.7 Å². The van der Waals surface area contributed by atoms with Crippen molar-refractivity contribution in [3.05, 3.63) is 23.3 Å². The fourth-order valence-corrected chi connectivity index (χ4v) is 3.14. The molecule has 1 amide bonds. The van der Waals surface area contributed by atoms with Gasteiger partial charge in [-0.05, 0) is 32.8 Å². The van der Waals surface area contributed by atoms with Gasteiger partial charge >= 0.3 is 0 Å². The first-order valence-corrected chi connectivity index (χ1v) is 7.94. The standard InChI is InChI=1S/C16H23N3O3/c1-11-9-14(18-12(2)17-11)15-10-19(5-8-22-15)16(20)13-3-6-21-7-4-13/h9,13,15H,3-8,10H2,1-2H3/t15-/m0/s1. The Morgan fingerprint density at radius 3 is 2.73 bits per heavy atom. The second-order valence-corrected chi connectivity index (χ2v) is 6.01. The van der Waals surface area contributed by atoms with E-state index in [9.17, 15) is 4.79 Å². The third-order valence-electron chi connectivity index (χ3n) is 4.26. The SMILES string of the molecule is Cc1cc([C@@H]2CN(C(=O)C3CCOCC3)CCO2)nc(C)n1. The molecule has 1 aromatic heterocycles. The monoisotopic (exact) mass is 305 g/mol. The summed E-state index contributed by atoms with van der Waals surface area (Å²) in [7, 11) is 0. The maximum atomic E-state index is 12.6. The number of nitrogens with zero attached hydrogens (tertiary/aromatic N) is 3. The summed E-state index contributed by atoms with van der Waals surface area (Å²) >= 11 is 0. The molecule has 2 fully saturated rings. The summed E-state index contributed by atoms with van der Waals surface area (Å²) in [4.78, 5) is 23.3. The summed E-state index contributed by atoms with van der Waals surface area (Å²) in [5.41, 5.74) is 1.80. The van der Waals surface area contributed by atoms with Gasteiger partial charge in [0.2, 0.25) is 5.91 Å². The van der Waals surface area contributed by atoms with E-state index in [4.69, 9.17) is 9.47 Å². The number of rotatable bonds is 2. The third-order valence-corrected chi connectivity index (χ3v) is 4.26. The van der Waals surface area contributed by atoms with Gasteiger partial charge in [0.05, 0.1) is 18.8 Å². The minimum atomic E-state index is -0.155. The third kappa shape index (κ3) is 3.44. The van der Waals surface area contributed by atoms with Crippen LogP contribution in [-0.2, 0) is 14.3 Å². The molecule has 0 unspecified atom stereocenters. The predicted octanol–water partition coefficient (Wildman–Crippen LogP) is 1.42. The fourth-order valence-electron chi connectivity index (χ4n) is 3.14. The van der Waals surface area contributed by atoms with Gasteiger partial charge < -0.3 is 14.4 Å². The molecule has 1 aromatic rings. The molecule has 0 spiro atoms. The van der Waals surface area contributed by atoms with Crippen LogP contribution in [0.4, 0.5) is 0 Å². The molecule has 3 heterocycles. The highest BCUT2D eigenvalue weighted by atomic mass is 16.5. The lowest BCUT2D eigenvalue weighted by molar-refractivity contribution is -0.146. The van der Waals surface area contributed by atoms with Crippen LogP contribution in [0.5, 0.6) is 0 Å². The van der Waals surface area contributed by atoms with Gasteiger partial charge in [0.15, 0.2) is 0 Å². The molecule has 0 radical (unpaired) electrons. The molecule has 3 rings (SSSR count). The maximum Gasteiger partial charge on any atom is 0.226 e. The smallest absolute Gasteiger partial charge is 0.226 e. The van der Waals surface area contributed by atoms with Crippen molar-refractivity contribution in [3.63, 3.8) is 0 Å². The summed E-state index contributed by atoms with van der Waals surface area (Å²) in [6.45, 7) is 7.00. The van der Waals surface area contributed by atoms with Crippen molar-refractivity contribution in [2.45, 2.75) is 32.8 Å². The zero-order valence-corrected chi connectivity index (χ0v) is 13.2.